The van der Waals surface area contributed by atoms with Gasteiger partial charge in [0, 0.05) is 39.6 Å². The Bertz CT molecular complexity index is 626. The number of hydrogen-bond donors (Lipinski definition) is 0. The van der Waals surface area contributed by atoms with E-state index >= 15 is 0 Å². The number of piperidine rings is 1. The second kappa shape index (κ2) is 7.52. The van der Waals surface area contributed by atoms with Crippen molar-refractivity contribution >= 4 is 11.8 Å². The van der Waals surface area contributed by atoms with Crippen molar-refractivity contribution in [3.8, 4) is 0 Å². The Morgan fingerprint density at radius 2 is 1.80 bits per heavy atom. The maximum Gasteiger partial charge on any atom is 0.228 e. The van der Waals surface area contributed by atoms with Crippen LogP contribution in [0, 0.1) is 11.7 Å². The number of benzene rings is 1. The van der Waals surface area contributed by atoms with E-state index in [1.807, 2.05) is 4.90 Å². The van der Waals surface area contributed by atoms with E-state index in [0.29, 0.717) is 12.8 Å². The third-order valence-corrected chi connectivity index (χ3v) is 5.52. The maximum absolute atomic E-state index is 13.3. The summed E-state index contributed by atoms with van der Waals surface area (Å²) in [5.41, 5.74) is 0.822. The van der Waals surface area contributed by atoms with Crippen LogP contribution in [-0.4, -0.2) is 66.3 Å². The third-order valence-electron chi connectivity index (χ3n) is 5.52. The van der Waals surface area contributed by atoms with Crippen LogP contribution in [-0.2, 0) is 9.59 Å². The van der Waals surface area contributed by atoms with Crippen molar-refractivity contribution in [1.29, 1.82) is 0 Å². The Kier molecular flexibility index (Phi) is 5.37. The van der Waals surface area contributed by atoms with Crippen LogP contribution < -0.4 is 0 Å². The van der Waals surface area contributed by atoms with Gasteiger partial charge in [-0.25, -0.2) is 4.39 Å². The first-order valence-electron chi connectivity index (χ1n) is 9.03. The van der Waals surface area contributed by atoms with Crippen LogP contribution in [0.3, 0.4) is 0 Å². The van der Waals surface area contributed by atoms with Gasteiger partial charge in [-0.1, -0.05) is 19.1 Å². The topological polar surface area (TPSA) is 43.9 Å². The van der Waals surface area contributed by atoms with Crippen molar-refractivity contribution in [2.24, 2.45) is 5.92 Å². The van der Waals surface area contributed by atoms with Crippen LogP contribution in [0.25, 0.3) is 0 Å². The number of carbonyl (C=O) groups excluding carboxylic acids is 2. The zero-order valence-electron chi connectivity index (χ0n) is 14.9. The van der Waals surface area contributed by atoms with Crippen molar-refractivity contribution in [3.63, 3.8) is 0 Å². The average molecular weight is 347 g/mol. The third kappa shape index (κ3) is 3.68. The molecule has 136 valence electrons. The van der Waals surface area contributed by atoms with Gasteiger partial charge >= 0.3 is 0 Å². The molecule has 0 unspecified atom stereocenters. The molecule has 0 radical (unpaired) electrons. The molecular weight excluding hydrogens is 321 g/mol. The van der Waals surface area contributed by atoms with Gasteiger partial charge < -0.3 is 14.7 Å². The lowest BCUT2D eigenvalue weighted by atomic mass is 9.83. The highest BCUT2D eigenvalue weighted by atomic mass is 19.1. The molecule has 2 saturated heterocycles. The highest BCUT2D eigenvalue weighted by Crippen LogP contribution is 2.37. The van der Waals surface area contributed by atoms with Crippen molar-refractivity contribution in [2.45, 2.75) is 25.8 Å². The lowest BCUT2D eigenvalue weighted by Gasteiger charge is -2.42. The van der Waals surface area contributed by atoms with E-state index in [4.69, 9.17) is 0 Å². The largest absolute Gasteiger partial charge is 0.340 e. The van der Waals surface area contributed by atoms with Crippen LogP contribution in [0.4, 0.5) is 4.39 Å². The van der Waals surface area contributed by atoms with E-state index in [9.17, 15) is 14.0 Å². The van der Waals surface area contributed by atoms with Gasteiger partial charge in [0.2, 0.25) is 11.8 Å². The molecule has 2 aliphatic heterocycles. The molecule has 0 N–H and O–H groups in total. The van der Waals surface area contributed by atoms with Gasteiger partial charge in [0.15, 0.2) is 0 Å². The fourth-order valence-electron chi connectivity index (χ4n) is 3.93. The van der Waals surface area contributed by atoms with E-state index in [2.05, 4.69) is 11.8 Å². The van der Waals surface area contributed by atoms with Crippen molar-refractivity contribution < 1.29 is 14.0 Å². The molecule has 2 atom stereocenters. The summed E-state index contributed by atoms with van der Waals surface area (Å²) in [5, 5.41) is 0. The summed E-state index contributed by atoms with van der Waals surface area (Å²) >= 11 is 0. The Hall–Kier alpha value is -1.95. The Morgan fingerprint density at radius 1 is 1.16 bits per heavy atom. The van der Waals surface area contributed by atoms with Gasteiger partial charge in [-0.15, -0.1) is 0 Å². The zero-order chi connectivity index (χ0) is 18.0. The van der Waals surface area contributed by atoms with Crippen molar-refractivity contribution in [1.82, 2.24) is 14.7 Å². The summed E-state index contributed by atoms with van der Waals surface area (Å²) in [7, 11) is 1.74. The molecule has 2 amide bonds. The second-order valence-corrected chi connectivity index (χ2v) is 6.91. The quantitative estimate of drug-likeness (QED) is 0.839. The van der Waals surface area contributed by atoms with Gasteiger partial charge in [-0.3, -0.25) is 9.59 Å². The number of piperazine rings is 1. The molecular formula is C19H26FN3O2. The predicted octanol–water partition coefficient (Wildman–Crippen LogP) is 1.90. The van der Waals surface area contributed by atoms with Gasteiger partial charge in [0.1, 0.15) is 5.82 Å². The second-order valence-electron chi connectivity index (χ2n) is 6.91. The summed E-state index contributed by atoms with van der Waals surface area (Å²) in [6.45, 7) is 6.38. The first-order chi connectivity index (χ1) is 12.0. The molecule has 2 heterocycles. The fourth-order valence-corrected chi connectivity index (χ4v) is 3.93. The standard InChI is InChI=1S/C19H26FN3O2/c1-3-22-10-12-23(13-11-22)19(25)16-8-9-17(24)21(2)18(16)14-4-6-15(20)7-5-14/h4-7,16,18H,3,8-13H2,1-2H3/t16-,18-/m1/s1. The Labute approximate surface area is 148 Å². The predicted molar refractivity (Wildman–Crippen MR) is 93.3 cm³/mol. The molecule has 3 rings (SSSR count). The molecule has 0 saturated carbocycles. The van der Waals surface area contributed by atoms with Crippen molar-refractivity contribution in [2.75, 3.05) is 39.8 Å². The summed E-state index contributed by atoms with van der Waals surface area (Å²) in [5.74, 6) is -0.424. The molecule has 1 aromatic rings. The fraction of sp³-hybridized carbons (Fsp3) is 0.579. The number of hydrogen-bond acceptors (Lipinski definition) is 3. The summed E-state index contributed by atoms with van der Waals surface area (Å²) in [4.78, 5) is 31.3. The van der Waals surface area contributed by atoms with Gasteiger partial charge in [-0.2, -0.15) is 0 Å². The van der Waals surface area contributed by atoms with Gasteiger partial charge in [0.25, 0.3) is 0 Å². The maximum atomic E-state index is 13.3. The first-order valence-corrected chi connectivity index (χ1v) is 9.03. The van der Waals surface area contributed by atoms with Crippen LogP contribution >= 0.6 is 0 Å². The summed E-state index contributed by atoms with van der Waals surface area (Å²) in [6, 6.07) is 5.83. The lowest BCUT2D eigenvalue weighted by molar-refractivity contribution is -0.147. The molecule has 0 aromatic heterocycles. The van der Waals surface area contributed by atoms with Crippen LogP contribution in [0.5, 0.6) is 0 Å². The Balaban J connectivity index is 1.81. The molecule has 0 aliphatic carbocycles. The number of likely N-dealkylation sites (tertiary alicyclic amines) is 1. The number of likely N-dealkylation sites (N-methyl/N-ethyl adjacent to an activating group) is 1. The molecule has 1 aromatic carbocycles. The number of carbonyl (C=O) groups is 2. The highest BCUT2D eigenvalue weighted by molar-refractivity contribution is 5.85. The molecule has 2 fully saturated rings. The number of rotatable bonds is 3. The molecule has 0 spiro atoms. The summed E-state index contributed by atoms with van der Waals surface area (Å²) in [6.07, 6.45) is 0.942. The van der Waals surface area contributed by atoms with Crippen molar-refractivity contribution in [3.05, 3.63) is 35.6 Å². The lowest BCUT2D eigenvalue weighted by Crippen LogP contribution is -2.53. The highest BCUT2D eigenvalue weighted by Gasteiger charge is 2.40. The zero-order valence-corrected chi connectivity index (χ0v) is 14.9. The molecule has 0 bridgehead atoms. The first kappa shape index (κ1) is 17.9. The number of amides is 2. The van der Waals surface area contributed by atoms with E-state index in [-0.39, 0.29) is 29.6 Å². The van der Waals surface area contributed by atoms with E-state index in [0.717, 1.165) is 38.3 Å². The van der Waals surface area contributed by atoms with Crippen LogP contribution in [0.2, 0.25) is 0 Å². The van der Waals surface area contributed by atoms with Gasteiger partial charge in [-0.05, 0) is 30.7 Å². The van der Waals surface area contributed by atoms with E-state index in [1.54, 1.807) is 24.1 Å². The van der Waals surface area contributed by atoms with Crippen LogP contribution in [0.1, 0.15) is 31.4 Å². The van der Waals surface area contributed by atoms with E-state index < -0.39 is 0 Å². The average Bonchev–Trinajstić information content (AvgIpc) is 2.64. The van der Waals surface area contributed by atoms with E-state index in [1.165, 1.54) is 12.1 Å². The molecule has 6 heteroatoms. The minimum atomic E-state index is -0.321. The van der Waals surface area contributed by atoms with Crippen LogP contribution in [0.15, 0.2) is 24.3 Å². The monoisotopic (exact) mass is 347 g/mol. The molecule has 25 heavy (non-hydrogen) atoms. The minimum absolute atomic E-state index is 0.0363. The Morgan fingerprint density at radius 3 is 2.40 bits per heavy atom. The number of nitrogens with zero attached hydrogens (tertiary/aromatic N) is 3. The number of halogens is 1. The molecule has 5 nitrogen and oxygen atoms in total. The normalized spacial score (nSPS) is 25.3. The smallest absolute Gasteiger partial charge is 0.228 e. The molecule has 2 aliphatic rings. The van der Waals surface area contributed by atoms with Gasteiger partial charge in [0.05, 0.1) is 12.0 Å². The SMILES string of the molecule is CCN1CCN(C(=O)[C@@H]2CCC(=O)N(C)[C@@H]2c2ccc(F)cc2)CC1. The summed E-state index contributed by atoms with van der Waals surface area (Å²) < 4.78 is 13.3. The minimum Gasteiger partial charge on any atom is -0.340 e.